The van der Waals surface area contributed by atoms with E-state index in [1.54, 1.807) is 12.6 Å². The number of aromatic nitrogens is 2. The Labute approximate surface area is 80.9 Å². The highest BCUT2D eigenvalue weighted by atomic mass is 16.5. The summed E-state index contributed by atoms with van der Waals surface area (Å²) in [5, 5.41) is 0. The Hall–Kier alpha value is -1.85. The van der Waals surface area contributed by atoms with Crippen LogP contribution in [0, 0.1) is 0 Å². The average molecular weight is 196 g/mol. The van der Waals surface area contributed by atoms with Gasteiger partial charge in [-0.3, -0.25) is 9.59 Å². The molecule has 0 saturated heterocycles. The predicted octanol–water partition coefficient (Wildman–Crippen LogP) is -0.548. The lowest BCUT2D eigenvalue weighted by molar-refractivity contribution is -0.141. The summed E-state index contributed by atoms with van der Waals surface area (Å²) in [6.45, 7) is 0.120. The summed E-state index contributed by atoms with van der Waals surface area (Å²) in [6, 6.07) is 0. The van der Waals surface area contributed by atoms with Crippen LogP contribution in [0.3, 0.4) is 0 Å². The summed E-state index contributed by atoms with van der Waals surface area (Å²) in [6.07, 6.45) is 4.77. The van der Waals surface area contributed by atoms with E-state index in [9.17, 15) is 9.59 Å². The van der Waals surface area contributed by atoms with E-state index in [0.717, 1.165) is 4.90 Å². The summed E-state index contributed by atoms with van der Waals surface area (Å²) in [4.78, 5) is 29.1. The summed E-state index contributed by atoms with van der Waals surface area (Å²) in [5.41, 5.74) is 0.664. The van der Waals surface area contributed by atoms with Gasteiger partial charge in [0.25, 0.3) is 0 Å². The van der Waals surface area contributed by atoms with Crippen molar-refractivity contribution in [2.45, 2.75) is 6.54 Å². The second kappa shape index (κ2) is 5.00. The van der Waals surface area contributed by atoms with Crippen molar-refractivity contribution in [3.05, 3.63) is 18.2 Å². The van der Waals surface area contributed by atoms with Crippen LogP contribution in [0.25, 0.3) is 0 Å². The largest absolute Gasteiger partial charge is 0.468 e. The first-order chi connectivity index (χ1) is 6.76. The maximum absolute atomic E-state index is 10.8. The first kappa shape index (κ1) is 10.2. The van der Waals surface area contributed by atoms with Gasteiger partial charge in [-0.2, -0.15) is 0 Å². The number of imidazole rings is 1. The zero-order chi connectivity index (χ0) is 10.4. The predicted molar refractivity (Wildman–Crippen MR) is 46.7 cm³/mol. The lowest BCUT2D eigenvalue weighted by atomic mass is 10.4. The Kier molecular flexibility index (Phi) is 3.66. The smallest absolute Gasteiger partial charge is 0.325 e. The number of hydrogen-bond acceptors (Lipinski definition) is 4. The van der Waals surface area contributed by atoms with E-state index in [-0.39, 0.29) is 13.1 Å². The second-order valence-corrected chi connectivity index (χ2v) is 2.58. The SMILES string of the molecule is COC(=O)CN([C]=O)Cc1c[nH]cn1. The molecule has 0 bridgehead atoms. The summed E-state index contributed by atoms with van der Waals surface area (Å²) in [5.74, 6) is -0.483. The lowest BCUT2D eigenvalue weighted by Gasteiger charge is -2.12. The maximum Gasteiger partial charge on any atom is 0.325 e. The summed E-state index contributed by atoms with van der Waals surface area (Å²) >= 11 is 0. The number of rotatable bonds is 5. The van der Waals surface area contributed by atoms with Crippen molar-refractivity contribution < 1.29 is 14.3 Å². The number of aromatic amines is 1. The van der Waals surface area contributed by atoms with E-state index >= 15 is 0 Å². The quantitative estimate of drug-likeness (QED) is 0.506. The highest BCUT2D eigenvalue weighted by Gasteiger charge is 2.10. The number of nitrogens with one attached hydrogen (secondary N) is 1. The fourth-order valence-corrected chi connectivity index (χ4v) is 0.914. The second-order valence-electron chi connectivity index (χ2n) is 2.58. The lowest BCUT2D eigenvalue weighted by Crippen LogP contribution is -2.28. The van der Waals surface area contributed by atoms with Crippen molar-refractivity contribution in [2.75, 3.05) is 13.7 Å². The van der Waals surface area contributed by atoms with Gasteiger partial charge in [0.05, 0.1) is 25.7 Å². The van der Waals surface area contributed by atoms with Gasteiger partial charge in [0.2, 0.25) is 0 Å². The monoisotopic (exact) mass is 196 g/mol. The van der Waals surface area contributed by atoms with Crippen molar-refractivity contribution in [3.8, 4) is 0 Å². The number of methoxy groups -OCH3 is 1. The molecule has 6 nitrogen and oxygen atoms in total. The van der Waals surface area contributed by atoms with E-state index in [0.29, 0.717) is 5.69 Å². The molecular weight excluding hydrogens is 186 g/mol. The van der Waals surface area contributed by atoms with E-state index in [1.807, 2.05) is 0 Å². The molecule has 1 amide bonds. The van der Waals surface area contributed by atoms with Gasteiger partial charge in [0, 0.05) is 6.20 Å². The molecule has 1 heterocycles. The molecule has 14 heavy (non-hydrogen) atoms. The molecule has 0 fully saturated rings. The molecule has 0 aliphatic rings. The van der Waals surface area contributed by atoms with Crippen LogP contribution in [0.5, 0.6) is 0 Å². The standard InChI is InChI=1S/C8H10N3O3/c1-14-8(13)4-11(6-12)3-7-2-9-5-10-7/h2,5H,3-4H2,1H3,(H,9,10). The number of carbonyl (C=O) groups excluding carboxylic acids is 2. The molecule has 0 unspecified atom stereocenters. The van der Waals surface area contributed by atoms with Gasteiger partial charge >= 0.3 is 12.4 Å². The molecule has 1 radical (unpaired) electrons. The molecule has 0 aromatic carbocycles. The van der Waals surface area contributed by atoms with Gasteiger partial charge in [-0.15, -0.1) is 0 Å². The fourth-order valence-electron chi connectivity index (χ4n) is 0.914. The van der Waals surface area contributed by atoms with Gasteiger partial charge in [-0.1, -0.05) is 0 Å². The van der Waals surface area contributed by atoms with E-state index in [4.69, 9.17) is 0 Å². The van der Waals surface area contributed by atoms with Crippen molar-refractivity contribution >= 4 is 12.4 Å². The molecule has 1 aromatic rings. The van der Waals surface area contributed by atoms with Crippen molar-refractivity contribution in [2.24, 2.45) is 0 Å². The molecule has 1 N–H and O–H groups in total. The van der Waals surface area contributed by atoms with Crippen LogP contribution < -0.4 is 0 Å². The number of hydrogen-bond donors (Lipinski definition) is 1. The molecule has 6 heteroatoms. The Morgan fingerprint density at radius 2 is 2.57 bits per heavy atom. The van der Waals surface area contributed by atoms with Crippen molar-refractivity contribution in [1.29, 1.82) is 0 Å². The van der Waals surface area contributed by atoms with Crippen molar-refractivity contribution in [3.63, 3.8) is 0 Å². The van der Waals surface area contributed by atoms with Crippen LogP contribution in [0.15, 0.2) is 12.5 Å². The zero-order valence-electron chi connectivity index (χ0n) is 7.69. The molecule has 1 rings (SSSR count). The molecule has 1 aromatic heterocycles. The van der Waals surface area contributed by atoms with Crippen LogP contribution in [0.4, 0.5) is 0 Å². The highest BCUT2D eigenvalue weighted by Crippen LogP contribution is 1.97. The normalized spacial score (nSPS) is 9.50. The van der Waals surface area contributed by atoms with Gasteiger partial charge in [0.1, 0.15) is 6.54 Å². The van der Waals surface area contributed by atoms with Crippen LogP contribution in [0.2, 0.25) is 0 Å². The van der Waals surface area contributed by atoms with Gasteiger partial charge in [0.15, 0.2) is 0 Å². The zero-order valence-corrected chi connectivity index (χ0v) is 7.69. The van der Waals surface area contributed by atoms with Gasteiger partial charge < -0.3 is 14.6 Å². The summed E-state index contributed by atoms with van der Waals surface area (Å²) < 4.78 is 4.41. The maximum atomic E-state index is 10.8. The topological polar surface area (TPSA) is 75.3 Å². The molecule has 0 aliphatic heterocycles. The van der Waals surface area contributed by atoms with E-state index in [1.165, 1.54) is 13.4 Å². The number of carbonyl (C=O) groups is 1. The molecule has 0 atom stereocenters. The number of amides is 1. The third kappa shape index (κ3) is 2.89. The molecule has 75 valence electrons. The van der Waals surface area contributed by atoms with Crippen LogP contribution in [-0.4, -0.2) is 40.9 Å². The Morgan fingerprint density at radius 3 is 3.07 bits per heavy atom. The number of H-pyrrole nitrogens is 1. The Bertz CT molecular complexity index is 297. The summed E-state index contributed by atoms with van der Waals surface area (Å²) in [7, 11) is 1.26. The molecule has 0 spiro atoms. The fraction of sp³-hybridized carbons (Fsp3) is 0.375. The third-order valence-corrected chi connectivity index (χ3v) is 1.58. The van der Waals surface area contributed by atoms with E-state index in [2.05, 4.69) is 14.7 Å². The number of ether oxygens (including phenoxy) is 1. The third-order valence-electron chi connectivity index (χ3n) is 1.58. The Balaban J connectivity index is 2.47. The van der Waals surface area contributed by atoms with Crippen LogP contribution in [-0.2, 0) is 20.9 Å². The first-order valence-electron chi connectivity index (χ1n) is 3.93. The minimum Gasteiger partial charge on any atom is -0.468 e. The average Bonchev–Trinajstić information content (AvgIpc) is 2.69. The Morgan fingerprint density at radius 1 is 1.79 bits per heavy atom. The molecule has 0 saturated carbocycles. The highest BCUT2D eigenvalue weighted by molar-refractivity contribution is 5.74. The van der Waals surface area contributed by atoms with Gasteiger partial charge in [-0.25, -0.2) is 4.98 Å². The van der Waals surface area contributed by atoms with Crippen LogP contribution >= 0.6 is 0 Å². The van der Waals surface area contributed by atoms with Crippen molar-refractivity contribution in [1.82, 2.24) is 14.9 Å². The molecule has 0 aliphatic carbocycles. The molecular formula is C8H10N3O3. The minimum atomic E-state index is -0.483. The van der Waals surface area contributed by atoms with Gasteiger partial charge in [-0.05, 0) is 0 Å². The van der Waals surface area contributed by atoms with Crippen LogP contribution in [0.1, 0.15) is 5.69 Å². The number of esters is 1. The first-order valence-corrected chi connectivity index (χ1v) is 3.93. The minimum absolute atomic E-state index is 0.118. The van der Waals surface area contributed by atoms with E-state index < -0.39 is 5.97 Å². The number of nitrogens with zero attached hydrogens (tertiary/aromatic N) is 2.